The number of nitrogens with one attached hydrogen (secondary N) is 1. The third kappa shape index (κ3) is 4.60. The fourth-order valence-electron chi connectivity index (χ4n) is 1.01. The minimum Gasteiger partial charge on any atom is -0.351 e. The maximum absolute atomic E-state index is 11.5. The molecule has 0 aromatic carbocycles. The van der Waals surface area contributed by atoms with Crippen molar-refractivity contribution >= 4 is 43.2 Å². The van der Waals surface area contributed by atoms with Gasteiger partial charge in [-0.15, -0.1) is 11.3 Å². The first-order valence-corrected chi connectivity index (χ1v) is 7.80. The molecule has 5 nitrogen and oxygen atoms in total. The quantitative estimate of drug-likeness (QED) is 0.788. The van der Waals surface area contributed by atoms with Crippen LogP contribution in [0.25, 0.3) is 0 Å². The monoisotopic (exact) mass is 326 g/mol. The Morgan fingerprint density at radius 3 is 2.75 bits per heavy atom. The van der Waals surface area contributed by atoms with E-state index in [1.54, 1.807) is 11.4 Å². The highest BCUT2D eigenvalue weighted by Gasteiger charge is 2.10. The molecule has 0 aliphatic rings. The van der Waals surface area contributed by atoms with Gasteiger partial charge in [0.05, 0.1) is 5.75 Å². The van der Waals surface area contributed by atoms with Gasteiger partial charge in [-0.2, -0.15) is 0 Å². The van der Waals surface area contributed by atoms with Gasteiger partial charge in [-0.3, -0.25) is 4.79 Å². The Hall–Kier alpha value is -0.440. The molecule has 90 valence electrons. The number of sulfonamides is 1. The van der Waals surface area contributed by atoms with Gasteiger partial charge in [-0.05, 0) is 33.8 Å². The Balaban J connectivity index is 2.35. The molecule has 0 fully saturated rings. The standard InChI is InChI=1S/C8H11BrN2O3S2/c9-6-2-4-15-7(6)8(12)11-3-1-5-16(10,13)14/h2,4H,1,3,5H2,(H,11,12)(H2,10,13,14). The van der Waals surface area contributed by atoms with Gasteiger partial charge in [0.15, 0.2) is 0 Å². The third-order valence-corrected chi connectivity index (χ3v) is 4.41. The van der Waals surface area contributed by atoms with Crippen LogP contribution in [0.4, 0.5) is 0 Å². The van der Waals surface area contributed by atoms with E-state index in [1.807, 2.05) is 0 Å². The summed E-state index contributed by atoms with van der Waals surface area (Å²) in [6, 6.07) is 1.78. The van der Waals surface area contributed by atoms with E-state index >= 15 is 0 Å². The van der Waals surface area contributed by atoms with Crippen molar-refractivity contribution in [2.45, 2.75) is 6.42 Å². The molecule has 0 radical (unpaired) electrons. The molecule has 16 heavy (non-hydrogen) atoms. The molecule has 3 N–H and O–H groups in total. The van der Waals surface area contributed by atoms with Crippen molar-refractivity contribution in [3.63, 3.8) is 0 Å². The maximum Gasteiger partial charge on any atom is 0.262 e. The highest BCUT2D eigenvalue weighted by molar-refractivity contribution is 9.10. The summed E-state index contributed by atoms with van der Waals surface area (Å²) in [5.41, 5.74) is 0. The maximum atomic E-state index is 11.5. The predicted molar refractivity (Wildman–Crippen MR) is 66.9 cm³/mol. The first-order valence-electron chi connectivity index (χ1n) is 4.42. The number of rotatable bonds is 5. The van der Waals surface area contributed by atoms with Crippen molar-refractivity contribution in [1.82, 2.24) is 5.32 Å². The molecule has 0 spiro atoms. The van der Waals surface area contributed by atoms with Gasteiger partial charge in [0.1, 0.15) is 4.88 Å². The van der Waals surface area contributed by atoms with E-state index in [4.69, 9.17) is 5.14 Å². The van der Waals surface area contributed by atoms with Crippen LogP contribution in [-0.4, -0.2) is 26.6 Å². The van der Waals surface area contributed by atoms with Crippen LogP contribution >= 0.6 is 27.3 Å². The van der Waals surface area contributed by atoms with E-state index in [0.717, 1.165) is 4.47 Å². The van der Waals surface area contributed by atoms with E-state index in [0.29, 0.717) is 17.8 Å². The normalized spacial score (nSPS) is 11.4. The number of nitrogens with two attached hydrogens (primary N) is 1. The van der Waals surface area contributed by atoms with Crippen LogP contribution in [0.1, 0.15) is 16.1 Å². The lowest BCUT2D eigenvalue weighted by Gasteiger charge is -2.03. The molecule has 0 unspecified atom stereocenters. The molecule has 0 aliphatic carbocycles. The van der Waals surface area contributed by atoms with Crippen molar-refractivity contribution in [3.05, 3.63) is 20.8 Å². The molecular formula is C8H11BrN2O3S2. The lowest BCUT2D eigenvalue weighted by molar-refractivity contribution is 0.0957. The topological polar surface area (TPSA) is 89.3 Å². The molecular weight excluding hydrogens is 316 g/mol. The van der Waals surface area contributed by atoms with Crippen molar-refractivity contribution < 1.29 is 13.2 Å². The van der Waals surface area contributed by atoms with E-state index in [1.165, 1.54) is 11.3 Å². The van der Waals surface area contributed by atoms with Crippen LogP contribution in [0.2, 0.25) is 0 Å². The summed E-state index contributed by atoms with van der Waals surface area (Å²) < 4.78 is 22.0. The van der Waals surface area contributed by atoms with E-state index < -0.39 is 10.0 Å². The molecule has 0 bridgehead atoms. The summed E-state index contributed by atoms with van der Waals surface area (Å²) in [4.78, 5) is 12.1. The number of hydrogen-bond acceptors (Lipinski definition) is 4. The summed E-state index contributed by atoms with van der Waals surface area (Å²) in [7, 11) is -3.44. The number of amides is 1. The first-order chi connectivity index (χ1) is 7.40. The summed E-state index contributed by atoms with van der Waals surface area (Å²) in [5.74, 6) is -0.338. The van der Waals surface area contributed by atoms with Gasteiger partial charge >= 0.3 is 0 Å². The average molecular weight is 327 g/mol. The molecule has 0 aliphatic heterocycles. The van der Waals surface area contributed by atoms with Gasteiger partial charge in [-0.1, -0.05) is 0 Å². The van der Waals surface area contributed by atoms with Crippen LogP contribution in [0.15, 0.2) is 15.9 Å². The number of thiophene rings is 1. The minimum absolute atomic E-state index is 0.126. The van der Waals surface area contributed by atoms with Crippen molar-refractivity contribution in [2.75, 3.05) is 12.3 Å². The van der Waals surface area contributed by atoms with E-state index in [-0.39, 0.29) is 11.7 Å². The molecule has 1 rings (SSSR count). The fraction of sp³-hybridized carbons (Fsp3) is 0.375. The lowest BCUT2D eigenvalue weighted by atomic mass is 10.4. The van der Waals surface area contributed by atoms with Gasteiger partial charge < -0.3 is 5.32 Å². The lowest BCUT2D eigenvalue weighted by Crippen LogP contribution is -2.26. The number of carbonyl (C=O) groups excluding carboxylic acids is 1. The minimum atomic E-state index is -3.44. The second-order valence-electron chi connectivity index (χ2n) is 3.07. The Labute approximate surface area is 106 Å². The van der Waals surface area contributed by atoms with Crippen LogP contribution in [0, 0.1) is 0 Å². The molecule has 1 aromatic heterocycles. The van der Waals surface area contributed by atoms with Crippen LogP contribution < -0.4 is 10.5 Å². The highest BCUT2D eigenvalue weighted by Crippen LogP contribution is 2.22. The van der Waals surface area contributed by atoms with Crippen LogP contribution in [0.3, 0.4) is 0 Å². The fourth-order valence-corrected chi connectivity index (χ4v) is 3.03. The van der Waals surface area contributed by atoms with E-state index in [2.05, 4.69) is 21.2 Å². The Morgan fingerprint density at radius 1 is 1.56 bits per heavy atom. The van der Waals surface area contributed by atoms with Crippen LogP contribution in [-0.2, 0) is 10.0 Å². The van der Waals surface area contributed by atoms with Crippen molar-refractivity contribution in [3.8, 4) is 0 Å². The third-order valence-electron chi connectivity index (χ3n) is 1.71. The number of hydrogen-bond donors (Lipinski definition) is 2. The molecule has 1 amide bonds. The summed E-state index contributed by atoms with van der Waals surface area (Å²) in [6.07, 6.45) is 0.313. The Morgan fingerprint density at radius 2 is 2.25 bits per heavy atom. The van der Waals surface area contributed by atoms with Crippen molar-refractivity contribution in [1.29, 1.82) is 0 Å². The Kier molecular flexibility index (Phi) is 4.90. The van der Waals surface area contributed by atoms with Gasteiger partial charge in [0, 0.05) is 11.0 Å². The zero-order chi connectivity index (χ0) is 12.2. The zero-order valence-electron chi connectivity index (χ0n) is 8.27. The summed E-state index contributed by atoms with van der Waals surface area (Å²) >= 11 is 4.56. The molecule has 0 saturated heterocycles. The van der Waals surface area contributed by atoms with E-state index in [9.17, 15) is 13.2 Å². The highest BCUT2D eigenvalue weighted by atomic mass is 79.9. The average Bonchev–Trinajstić information content (AvgIpc) is 2.57. The second kappa shape index (κ2) is 5.76. The number of halogens is 1. The second-order valence-corrected chi connectivity index (χ2v) is 6.58. The molecule has 8 heteroatoms. The largest absolute Gasteiger partial charge is 0.351 e. The molecule has 0 atom stereocenters. The van der Waals surface area contributed by atoms with Gasteiger partial charge in [0.25, 0.3) is 5.91 Å². The molecule has 1 aromatic rings. The van der Waals surface area contributed by atoms with Crippen LogP contribution in [0.5, 0.6) is 0 Å². The summed E-state index contributed by atoms with van der Waals surface area (Å²) in [5, 5.41) is 9.24. The number of carbonyl (C=O) groups is 1. The zero-order valence-corrected chi connectivity index (χ0v) is 11.5. The molecule has 0 saturated carbocycles. The van der Waals surface area contributed by atoms with Gasteiger partial charge in [0.2, 0.25) is 10.0 Å². The molecule has 1 heterocycles. The Bertz CT molecular complexity index is 469. The van der Waals surface area contributed by atoms with Crippen molar-refractivity contribution in [2.24, 2.45) is 5.14 Å². The first kappa shape index (κ1) is 13.6. The summed E-state index contributed by atoms with van der Waals surface area (Å²) in [6.45, 7) is 0.291. The van der Waals surface area contributed by atoms with Gasteiger partial charge in [-0.25, -0.2) is 13.6 Å². The predicted octanol–water partition coefficient (Wildman–Crippen LogP) is 0.919. The number of primary sulfonamides is 1. The smallest absolute Gasteiger partial charge is 0.262 e. The SMILES string of the molecule is NS(=O)(=O)CCCNC(=O)c1sccc1Br.